The first-order valence-electron chi connectivity index (χ1n) is 19.5. The number of aromatic nitrogens is 1. The molecule has 1 heterocycles. The lowest BCUT2D eigenvalue weighted by molar-refractivity contribution is -0.120. The smallest absolute Gasteiger partial charge is 0.220 e. The van der Waals surface area contributed by atoms with Gasteiger partial charge < -0.3 is 4.79 Å². The predicted octanol–water partition coefficient (Wildman–Crippen LogP) is 11.6. The number of nitrogens with zero attached hydrogens (tertiary/aromatic N) is 1. The van der Waals surface area contributed by atoms with Crippen molar-refractivity contribution in [2.45, 2.75) is 47.7 Å². The van der Waals surface area contributed by atoms with Crippen LogP contribution < -0.4 is 0 Å². The van der Waals surface area contributed by atoms with Gasteiger partial charge >= 0.3 is 0 Å². The molecule has 3 atom stereocenters. The number of Topliss-reactive ketones (excluding diaryl/α,β-unsaturated/α-hetero) is 7. The van der Waals surface area contributed by atoms with Crippen molar-refractivity contribution in [3.05, 3.63) is 155 Å². The SMILES string of the molecule is CC(=O)C(C)C(=O)c1c(F)c(F)c(F)c(F)c1F.CC(=O)C(F)C(=O)c1c(F)c(F)c(F)c(F)c1F.CC(C(=O)c1nccs1)C(=O)c1c(F)c(F)c(F)c(F)c1F.CC(C)=O.[2H]C(=O)c1c(F)c(F)c(F)c(F)c1F. The topological polar surface area (TPSA) is 149 Å². The highest BCUT2D eigenvalue weighted by Crippen LogP contribution is 2.29. The van der Waals surface area contributed by atoms with Crippen molar-refractivity contribution >= 4 is 58.1 Å². The molecule has 0 aliphatic rings. The zero-order valence-corrected chi connectivity index (χ0v) is 38.3. The minimum Gasteiger partial charge on any atom is -0.300 e. The Hall–Kier alpha value is -7.60. The zero-order chi connectivity index (χ0) is 59.6. The predicted molar refractivity (Wildman–Crippen MR) is 211 cm³/mol. The number of rotatable bonds is 11. The van der Waals surface area contributed by atoms with Gasteiger partial charge in [0, 0.05) is 11.6 Å². The molecule has 0 radical (unpaired) electrons. The Balaban J connectivity index is 0.000000499. The van der Waals surface area contributed by atoms with Gasteiger partial charge in [-0.1, -0.05) is 0 Å². The van der Waals surface area contributed by atoms with Gasteiger partial charge in [-0.3, -0.25) is 33.6 Å². The van der Waals surface area contributed by atoms with Crippen LogP contribution in [-0.4, -0.2) is 57.9 Å². The fourth-order valence-electron chi connectivity index (χ4n) is 4.74. The van der Waals surface area contributed by atoms with E-state index in [1.54, 1.807) is 0 Å². The molecule has 9 nitrogen and oxygen atoms in total. The third-order valence-corrected chi connectivity index (χ3v) is 9.49. The first kappa shape index (κ1) is 63.5. The molecule has 0 amide bonds. The molecule has 4 aromatic carbocycles. The van der Waals surface area contributed by atoms with E-state index in [1.165, 1.54) is 25.4 Å². The van der Waals surface area contributed by atoms with Crippen LogP contribution in [0.25, 0.3) is 0 Å². The average molecular weight is 1130 g/mol. The van der Waals surface area contributed by atoms with Gasteiger partial charge in [0.15, 0.2) is 122 Å². The summed E-state index contributed by atoms with van der Waals surface area (Å²) in [5.41, 5.74) is -6.93. The number of hydrogen-bond donors (Lipinski definition) is 0. The molecule has 0 saturated heterocycles. The lowest BCUT2D eigenvalue weighted by Gasteiger charge is -2.11. The van der Waals surface area contributed by atoms with Gasteiger partial charge in [-0.15, -0.1) is 11.3 Å². The van der Waals surface area contributed by atoms with E-state index in [0.29, 0.717) is 6.92 Å². The quantitative estimate of drug-likeness (QED) is 0.0314. The Morgan fingerprint density at radius 3 is 0.920 bits per heavy atom. The molecule has 3 unspecified atom stereocenters. The van der Waals surface area contributed by atoms with Crippen LogP contribution in [-0.2, 0) is 14.4 Å². The van der Waals surface area contributed by atoms with Crippen LogP contribution in [0.3, 0.4) is 0 Å². The highest BCUT2D eigenvalue weighted by molar-refractivity contribution is 7.11. The number of aldehydes is 1. The van der Waals surface area contributed by atoms with E-state index >= 15 is 0 Å². The summed E-state index contributed by atoms with van der Waals surface area (Å²) < 4.78 is 277. The van der Waals surface area contributed by atoms with Crippen LogP contribution >= 0.6 is 11.3 Å². The van der Waals surface area contributed by atoms with Crippen molar-refractivity contribution in [2.75, 3.05) is 0 Å². The largest absolute Gasteiger partial charge is 0.300 e. The summed E-state index contributed by atoms with van der Waals surface area (Å²) in [5, 5.41) is 1.33. The van der Waals surface area contributed by atoms with Gasteiger partial charge in [-0.05, 0) is 41.5 Å². The van der Waals surface area contributed by atoms with Gasteiger partial charge in [-0.2, -0.15) is 0 Å². The summed E-state index contributed by atoms with van der Waals surface area (Å²) in [6, 6.07) is 0. The van der Waals surface area contributed by atoms with Crippen molar-refractivity contribution in [1.82, 2.24) is 4.98 Å². The maximum Gasteiger partial charge on any atom is 0.220 e. The Kier molecular flexibility index (Phi) is 22.9. The molecule has 1 aromatic heterocycles. The fourth-order valence-corrected chi connectivity index (χ4v) is 5.40. The maximum atomic E-state index is 13.6. The van der Waals surface area contributed by atoms with Crippen molar-refractivity contribution in [1.29, 1.82) is 0 Å². The lowest BCUT2D eigenvalue weighted by Crippen LogP contribution is -2.26. The third-order valence-electron chi connectivity index (χ3n) is 8.70. The molecular weight excluding hydrogens is 1100 g/mol. The average Bonchev–Trinajstić information content (AvgIpc) is 3.91. The summed E-state index contributed by atoms with van der Waals surface area (Å²) in [7, 11) is 0. The zero-order valence-electron chi connectivity index (χ0n) is 38.4. The van der Waals surface area contributed by atoms with Crippen LogP contribution in [0.2, 0.25) is 0 Å². The summed E-state index contributed by atoms with van der Waals surface area (Å²) in [4.78, 5) is 91.2. The van der Waals surface area contributed by atoms with E-state index in [1.807, 2.05) is 0 Å². The molecule has 0 saturated carbocycles. The van der Waals surface area contributed by atoms with E-state index in [4.69, 9.17) is 1.37 Å². The first-order valence-corrected chi connectivity index (χ1v) is 19.9. The molecule has 0 N–H and O–H groups in total. The lowest BCUT2D eigenvalue weighted by atomic mass is 9.94. The van der Waals surface area contributed by atoms with Crippen molar-refractivity contribution in [2.24, 2.45) is 11.8 Å². The van der Waals surface area contributed by atoms with E-state index in [0.717, 1.165) is 32.1 Å². The van der Waals surface area contributed by atoms with Gasteiger partial charge in [0.25, 0.3) is 0 Å². The molecular formula is C44H24F21NO8S. The molecule has 0 spiro atoms. The van der Waals surface area contributed by atoms with Crippen molar-refractivity contribution in [3.8, 4) is 0 Å². The molecule has 31 heteroatoms. The number of carbonyl (C=O) groups is 8. The Morgan fingerprint density at radius 1 is 0.427 bits per heavy atom. The van der Waals surface area contributed by atoms with Crippen molar-refractivity contribution < 1.29 is 132 Å². The van der Waals surface area contributed by atoms with Gasteiger partial charge in [0.05, 0.1) is 34.1 Å². The summed E-state index contributed by atoms with van der Waals surface area (Å²) >= 11 is 0.881. The fraction of sp³-hybridized carbons (Fsp3) is 0.205. The number of thiazole rings is 1. The van der Waals surface area contributed by atoms with Crippen LogP contribution in [0.5, 0.6) is 0 Å². The van der Waals surface area contributed by atoms with Crippen LogP contribution in [0.4, 0.5) is 92.2 Å². The Bertz CT molecular complexity index is 2960. The standard InChI is InChI=1S/C13H6F5NO2S.C11H7F5O2.C10H4F6O2.C7HF5O.C3H6O/c1-4(12(21)13-19-2-3-22-13)11(20)5-6(14)8(16)10(18)9(17)7(5)15;1-3(4(2)17)11(18)5-6(12)8(14)10(16)9(15)7(5)13;1-2(17)4(11)10(18)3-5(12)7(14)9(16)8(15)6(3)13;8-3-2(1-13)4(9)6(11)7(12)5(3)10;1-3(2)4/h2-4H,1H3;3H,1-2H3;4H,1H3;1H;1-2H3/i;;;1D;. The molecule has 75 heavy (non-hydrogen) atoms. The number of benzene rings is 4. The molecule has 0 bridgehead atoms. The number of carbonyl (C=O) groups excluding carboxylic acids is 8. The van der Waals surface area contributed by atoms with E-state index in [2.05, 4.69) is 4.98 Å². The molecule has 0 aliphatic heterocycles. The number of halogens is 21. The van der Waals surface area contributed by atoms with Gasteiger partial charge in [0.2, 0.25) is 41.0 Å². The Morgan fingerprint density at radius 2 is 0.680 bits per heavy atom. The highest BCUT2D eigenvalue weighted by Gasteiger charge is 2.37. The van der Waals surface area contributed by atoms with Crippen LogP contribution in [0.1, 0.15) is 94.1 Å². The van der Waals surface area contributed by atoms with Gasteiger partial charge in [-0.25, -0.2) is 97.2 Å². The molecule has 5 rings (SSSR count). The van der Waals surface area contributed by atoms with E-state index in [-0.39, 0.29) is 10.8 Å². The summed E-state index contributed by atoms with van der Waals surface area (Å²) in [5.74, 6) is -57.3. The number of alkyl halides is 1. The van der Waals surface area contributed by atoms with Gasteiger partial charge in [0.1, 0.15) is 12.9 Å². The second-order valence-electron chi connectivity index (χ2n) is 14.1. The maximum absolute atomic E-state index is 13.6. The molecule has 5 aromatic rings. The van der Waals surface area contributed by atoms with Crippen LogP contribution in [0, 0.1) is 128 Å². The highest BCUT2D eigenvalue weighted by atomic mass is 32.1. The molecule has 0 fully saturated rings. The second kappa shape index (κ2) is 27.1. The normalized spacial score (nSPS) is 11.9. The molecule has 0 aliphatic carbocycles. The summed E-state index contributed by atoms with van der Waals surface area (Å²) in [6.07, 6.45) is -3.69. The summed E-state index contributed by atoms with van der Waals surface area (Å²) in [6.45, 7) is 6.63. The minimum atomic E-state index is -2.99. The van der Waals surface area contributed by atoms with E-state index in [9.17, 15) is 131 Å². The third kappa shape index (κ3) is 14.6. The monoisotopic (exact) mass is 1130 g/mol. The van der Waals surface area contributed by atoms with E-state index < -0.39 is 198 Å². The second-order valence-corrected chi connectivity index (χ2v) is 15.0. The van der Waals surface area contributed by atoms with Crippen LogP contribution in [0.15, 0.2) is 11.6 Å². The van der Waals surface area contributed by atoms with Crippen molar-refractivity contribution in [3.63, 3.8) is 0 Å². The molecule has 406 valence electrons. The number of ketones is 7. The Labute approximate surface area is 409 Å². The number of hydrogen-bond acceptors (Lipinski definition) is 10. The first-order chi connectivity index (χ1) is 34.8. The minimum absolute atomic E-state index is 0.107.